The molecule has 3 rings (SSSR count). The molecule has 0 unspecified atom stereocenters. The molecule has 1 saturated carbocycles. The van der Waals surface area contributed by atoms with E-state index in [1.807, 2.05) is 19.2 Å². The summed E-state index contributed by atoms with van der Waals surface area (Å²) in [6.45, 7) is 2.18. The summed E-state index contributed by atoms with van der Waals surface area (Å²) in [6.07, 6.45) is 7.86. The molecule has 1 aliphatic rings. The summed E-state index contributed by atoms with van der Waals surface area (Å²) >= 11 is 0. The van der Waals surface area contributed by atoms with Gasteiger partial charge in [-0.05, 0) is 43.0 Å². The van der Waals surface area contributed by atoms with E-state index < -0.39 is 0 Å². The third-order valence-corrected chi connectivity index (χ3v) is 5.02. The van der Waals surface area contributed by atoms with Crippen LogP contribution >= 0.6 is 0 Å². The molecule has 0 aromatic carbocycles. The first-order chi connectivity index (χ1) is 11.6. The van der Waals surface area contributed by atoms with Gasteiger partial charge in [0.15, 0.2) is 0 Å². The highest BCUT2D eigenvalue weighted by Crippen LogP contribution is 2.28. The molecule has 5 nitrogen and oxygen atoms in total. The normalized spacial score (nSPS) is 20.6. The number of aromatic nitrogens is 2. The molecule has 1 aliphatic carbocycles. The van der Waals surface area contributed by atoms with Crippen molar-refractivity contribution in [2.24, 2.45) is 5.92 Å². The van der Waals surface area contributed by atoms with E-state index >= 15 is 0 Å². The third kappa shape index (κ3) is 3.25. The van der Waals surface area contributed by atoms with Crippen LogP contribution in [0.5, 0.6) is 0 Å². The van der Waals surface area contributed by atoms with E-state index in [0.717, 1.165) is 24.8 Å². The zero-order chi connectivity index (χ0) is 17.1. The van der Waals surface area contributed by atoms with E-state index in [-0.39, 0.29) is 23.1 Å². The molecule has 1 fully saturated rings. The highest BCUT2D eigenvalue weighted by molar-refractivity contribution is 5.94. The maximum absolute atomic E-state index is 12.8. The number of aromatic amines is 1. The Labute approximate surface area is 141 Å². The Morgan fingerprint density at radius 3 is 2.54 bits per heavy atom. The van der Waals surface area contributed by atoms with E-state index in [4.69, 9.17) is 0 Å². The van der Waals surface area contributed by atoms with Crippen molar-refractivity contribution in [3.05, 3.63) is 52.6 Å². The topological polar surface area (TPSA) is 66.1 Å². The van der Waals surface area contributed by atoms with E-state index in [2.05, 4.69) is 16.9 Å². The maximum atomic E-state index is 12.8. The predicted molar refractivity (Wildman–Crippen MR) is 93.8 cm³/mol. The van der Waals surface area contributed by atoms with Crippen LogP contribution in [-0.2, 0) is 0 Å². The van der Waals surface area contributed by atoms with Gasteiger partial charge in [0.2, 0.25) is 0 Å². The Hall–Kier alpha value is -2.43. The molecular formula is C19H23N3O2. The van der Waals surface area contributed by atoms with Crippen molar-refractivity contribution in [2.75, 3.05) is 7.05 Å². The maximum Gasteiger partial charge on any atom is 0.261 e. The zero-order valence-electron chi connectivity index (χ0n) is 14.2. The summed E-state index contributed by atoms with van der Waals surface area (Å²) in [5.41, 5.74) is 1.42. The number of carbonyl (C=O) groups is 1. The lowest BCUT2D eigenvalue weighted by Crippen LogP contribution is -2.44. The van der Waals surface area contributed by atoms with Crippen LogP contribution in [0.3, 0.4) is 0 Å². The Kier molecular flexibility index (Phi) is 4.79. The van der Waals surface area contributed by atoms with Gasteiger partial charge in [-0.3, -0.25) is 14.6 Å². The number of carbonyl (C=O) groups excluding carboxylic acids is 1. The smallest absolute Gasteiger partial charge is 0.261 e. The number of hydrogen-bond acceptors (Lipinski definition) is 3. The first-order valence-electron chi connectivity index (χ1n) is 8.49. The molecule has 2 heterocycles. The third-order valence-electron chi connectivity index (χ3n) is 5.02. The minimum Gasteiger partial charge on any atom is -0.338 e. The van der Waals surface area contributed by atoms with Crippen LogP contribution < -0.4 is 5.56 Å². The molecule has 2 aromatic heterocycles. The number of rotatable bonds is 3. The zero-order valence-corrected chi connectivity index (χ0v) is 14.2. The Morgan fingerprint density at radius 1 is 1.17 bits per heavy atom. The van der Waals surface area contributed by atoms with Crippen molar-refractivity contribution < 1.29 is 4.79 Å². The average Bonchev–Trinajstić information content (AvgIpc) is 2.61. The average molecular weight is 325 g/mol. The van der Waals surface area contributed by atoms with Crippen LogP contribution in [0.2, 0.25) is 0 Å². The van der Waals surface area contributed by atoms with Gasteiger partial charge in [0.05, 0.1) is 0 Å². The first-order valence-corrected chi connectivity index (χ1v) is 8.49. The lowest BCUT2D eigenvalue weighted by molar-refractivity contribution is 0.0627. The van der Waals surface area contributed by atoms with E-state index in [9.17, 15) is 9.59 Å². The van der Waals surface area contributed by atoms with Crippen LogP contribution in [0.4, 0.5) is 0 Å². The van der Waals surface area contributed by atoms with Gasteiger partial charge >= 0.3 is 0 Å². The van der Waals surface area contributed by atoms with Crippen LogP contribution in [0, 0.1) is 5.92 Å². The molecule has 5 heteroatoms. The number of H-pyrrole nitrogens is 1. The minimum atomic E-state index is -0.343. The molecule has 2 atom stereocenters. The van der Waals surface area contributed by atoms with Gasteiger partial charge in [0, 0.05) is 36.7 Å². The summed E-state index contributed by atoms with van der Waals surface area (Å²) in [4.78, 5) is 33.7. The van der Waals surface area contributed by atoms with Crippen LogP contribution in [0.15, 0.2) is 41.5 Å². The van der Waals surface area contributed by atoms with Gasteiger partial charge in [-0.1, -0.05) is 19.8 Å². The van der Waals surface area contributed by atoms with Gasteiger partial charge in [-0.15, -0.1) is 0 Å². The second kappa shape index (κ2) is 6.99. The summed E-state index contributed by atoms with van der Waals surface area (Å²) < 4.78 is 0. The van der Waals surface area contributed by atoms with Crippen molar-refractivity contribution in [3.8, 4) is 11.3 Å². The molecule has 24 heavy (non-hydrogen) atoms. The molecule has 1 amide bonds. The van der Waals surface area contributed by atoms with Gasteiger partial charge in [-0.2, -0.15) is 0 Å². The Balaban J connectivity index is 1.84. The summed E-state index contributed by atoms with van der Waals surface area (Å²) in [5, 5.41) is 0. The minimum absolute atomic E-state index is 0.198. The summed E-state index contributed by atoms with van der Waals surface area (Å²) in [5.74, 6) is 0.277. The van der Waals surface area contributed by atoms with E-state index in [0.29, 0.717) is 11.6 Å². The van der Waals surface area contributed by atoms with E-state index in [1.165, 1.54) is 6.42 Å². The molecule has 0 saturated heterocycles. The number of nitrogens with one attached hydrogen (secondary N) is 1. The highest BCUT2D eigenvalue weighted by atomic mass is 16.2. The van der Waals surface area contributed by atoms with Crippen LogP contribution in [-0.4, -0.2) is 33.9 Å². The number of hydrogen-bond donors (Lipinski definition) is 1. The lowest BCUT2D eigenvalue weighted by Gasteiger charge is -2.36. The fraction of sp³-hybridized carbons (Fsp3) is 0.421. The predicted octanol–water partition coefficient (Wildman–Crippen LogP) is 3.09. The molecule has 1 N–H and O–H groups in total. The van der Waals surface area contributed by atoms with Gasteiger partial charge < -0.3 is 9.88 Å². The number of amides is 1. The van der Waals surface area contributed by atoms with Crippen LogP contribution in [0.1, 0.15) is 43.0 Å². The fourth-order valence-corrected chi connectivity index (χ4v) is 3.55. The Morgan fingerprint density at radius 2 is 1.88 bits per heavy atom. The van der Waals surface area contributed by atoms with Crippen molar-refractivity contribution in [1.29, 1.82) is 0 Å². The van der Waals surface area contributed by atoms with Crippen molar-refractivity contribution >= 4 is 5.91 Å². The quantitative estimate of drug-likeness (QED) is 0.943. The van der Waals surface area contributed by atoms with Crippen molar-refractivity contribution in [1.82, 2.24) is 14.9 Å². The van der Waals surface area contributed by atoms with Crippen molar-refractivity contribution in [2.45, 2.75) is 38.6 Å². The van der Waals surface area contributed by atoms with Gasteiger partial charge in [0.25, 0.3) is 11.5 Å². The SMILES string of the molecule is C[C@H]1CCCC[C@H]1N(C)C(=O)c1ccc(-c2ccncc2)[nH]c1=O. The second-order valence-electron chi connectivity index (χ2n) is 6.60. The Bertz CT molecular complexity index is 770. The summed E-state index contributed by atoms with van der Waals surface area (Å²) in [7, 11) is 1.81. The second-order valence-corrected chi connectivity index (χ2v) is 6.60. The van der Waals surface area contributed by atoms with E-state index in [1.54, 1.807) is 29.4 Å². The lowest BCUT2D eigenvalue weighted by atomic mass is 9.85. The molecule has 0 spiro atoms. The monoisotopic (exact) mass is 325 g/mol. The molecular weight excluding hydrogens is 302 g/mol. The molecule has 0 aliphatic heterocycles. The number of pyridine rings is 2. The van der Waals surface area contributed by atoms with Gasteiger partial charge in [-0.25, -0.2) is 0 Å². The first kappa shape index (κ1) is 16.4. The highest BCUT2D eigenvalue weighted by Gasteiger charge is 2.29. The standard InChI is InChI=1S/C19H23N3O2/c1-13-5-3-4-6-17(13)22(2)19(24)15-7-8-16(21-18(15)23)14-9-11-20-12-10-14/h7-13,17H,3-6H2,1-2H3,(H,21,23)/t13-,17+/m0/s1. The molecule has 2 aromatic rings. The van der Waals surface area contributed by atoms with Gasteiger partial charge in [0.1, 0.15) is 5.56 Å². The largest absolute Gasteiger partial charge is 0.338 e. The van der Waals surface area contributed by atoms with Crippen molar-refractivity contribution in [3.63, 3.8) is 0 Å². The molecule has 126 valence electrons. The molecule has 0 radical (unpaired) electrons. The summed E-state index contributed by atoms with van der Waals surface area (Å²) in [6, 6.07) is 7.26. The van der Waals surface area contributed by atoms with Crippen LogP contribution in [0.25, 0.3) is 11.3 Å². The fourth-order valence-electron chi connectivity index (χ4n) is 3.55. The molecule has 0 bridgehead atoms. The number of nitrogens with zero attached hydrogens (tertiary/aromatic N) is 2.